The fourth-order valence-corrected chi connectivity index (χ4v) is 2.81. The second-order valence-corrected chi connectivity index (χ2v) is 6.40. The summed E-state index contributed by atoms with van der Waals surface area (Å²) in [6.07, 6.45) is 4.22. The Bertz CT molecular complexity index is 519. The van der Waals surface area contributed by atoms with Crippen LogP contribution >= 0.6 is 0 Å². The largest absolute Gasteiger partial charge is 0.487 e. The van der Waals surface area contributed by atoms with E-state index in [0.717, 1.165) is 50.2 Å². The van der Waals surface area contributed by atoms with E-state index in [9.17, 15) is 4.79 Å². The highest BCUT2D eigenvalue weighted by atomic mass is 16.5. The van der Waals surface area contributed by atoms with Crippen molar-refractivity contribution in [3.63, 3.8) is 0 Å². The van der Waals surface area contributed by atoms with Gasteiger partial charge in [0.25, 0.3) is 0 Å². The van der Waals surface area contributed by atoms with E-state index in [0.29, 0.717) is 6.04 Å². The van der Waals surface area contributed by atoms with Crippen LogP contribution in [0.25, 0.3) is 0 Å². The Balaban J connectivity index is 1.69. The summed E-state index contributed by atoms with van der Waals surface area (Å²) in [5.41, 5.74) is 2.38. The van der Waals surface area contributed by atoms with Crippen LogP contribution < -0.4 is 15.4 Å². The lowest BCUT2D eigenvalue weighted by Crippen LogP contribution is -2.29. The summed E-state index contributed by atoms with van der Waals surface area (Å²) < 4.78 is 5.79. The molecule has 0 amide bonds. The maximum atomic E-state index is 10.4. The van der Waals surface area contributed by atoms with Crippen LogP contribution in [-0.4, -0.2) is 36.3 Å². The molecule has 1 aromatic carbocycles. The number of aliphatic carboxylic acids is 1. The molecule has 2 rings (SSSR count). The van der Waals surface area contributed by atoms with Gasteiger partial charge in [-0.15, -0.1) is 0 Å². The third-order valence-electron chi connectivity index (χ3n) is 4.05. The molecule has 0 aliphatic carbocycles. The van der Waals surface area contributed by atoms with Gasteiger partial charge in [0.2, 0.25) is 0 Å². The molecule has 128 valence electrons. The minimum Gasteiger partial charge on any atom is -0.487 e. The summed E-state index contributed by atoms with van der Waals surface area (Å²) in [4.78, 5) is 10.4. The van der Waals surface area contributed by atoms with Crippen molar-refractivity contribution in [3.05, 3.63) is 23.8 Å². The molecule has 0 bridgehead atoms. The van der Waals surface area contributed by atoms with Gasteiger partial charge in [0.05, 0.1) is 12.2 Å². The first-order valence-electron chi connectivity index (χ1n) is 8.53. The molecular weight excluding hydrogens is 292 g/mol. The Morgan fingerprint density at radius 3 is 3.04 bits per heavy atom. The molecule has 0 saturated heterocycles. The highest BCUT2D eigenvalue weighted by Gasteiger charge is 2.15. The third-order valence-corrected chi connectivity index (χ3v) is 4.05. The van der Waals surface area contributed by atoms with Crippen molar-refractivity contribution in [2.75, 3.05) is 18.4 Å². The molecule has 3 N–H and O–H groups in total. The van der Waals surface area contributed by atoms with Crippen LogP contribution in [-0.2, 0) is 11.2 Å². The average molecular weight is 320 g/mol. The molecule has 0 fully saturated rings. The second-order valence-electron chi connectivity index (χ2n) is 6.40. The number of benzene rings is 1. The molecule has 1 aliphatic rings. The molecule has 2 atom stereocenters. The molecule has 5 heteroatoms. The molecule has 0 radical (unpaired) electrons. The smallest absolute Gasteiger partial charge is 0.303 e. The zero-order valence-electron chi connectivity index (χ0n) is 14.1. The highest BCUT2D eigenvalue weighted by Crippen LogP contribution is 2.30. The van der Waals surface area contributed by atoms with Crippen molar-refractivity contribution in [2.24, 2.45) is 0 Å². The van der Waals surface area contributed by atoms with Crippen molar-refractivity contribution >= 4 is 11.7 Å². The normalized spacial score (nSPS) is 17.7. The molecule has 2 unspecified atom stereocenters. The molecule has 23 heavy (non-hydrogen) atoms. The predicted molar refractivity (Wildman–Crippen MR) is 92.3 cm³/mol. The van der Waals surface area contributed by atoms with E-state index in [1.54, 1.807) is 0 Å². The number of hydrogen-bond acceptors (Lipinski definition) is 4. The van der Waals surface area contributed by atoms with Crippen molar-refractivity contribution in [3.8, 4) is 5.75 Å². The zero-order chi connectivity index (χ0) is 16.7. The molecule has 1 aliphatic heterocycles. The fraction of sp³-hybridized carbons (Fsp3) is 0.611. The number of ether oxygens (including phenoxy) is 1. The minimum atomic E-state index is -0.703. The van der Waals surface area contributed by atoms with Gasteiger partial charge in [-0.2, -0.15) is 0 Å². The van der Waals surface area contributed by atoms with E-state index in [2.05, 4.69) is 36.6 Å². The first-order chi connectivity index (χ1) is 11.0. The van der Waals surface area contributed by atoms with E-state index in [1.165, 1.54) is 5.56 Å². The number of unbranched alkanes of at least 4 members (excludes halogenated alkanes) is 2. The Kier molecular flexibility index (Phi) is 6.71. The average Bonchev–Trinajstić information content (AvgIpc) is 2.50. The monoisotopic (exact) mass is 320 g/mol. The number of carboxylic acid groups (broad SMARTS) is 1. The standard InChI is InChI=1S/C18H28N2O3/c1-13(19-9-5-3-4-6-18(21)22)10-15-7-8-17-16(11-15)20-12-14(2)23-17/h7-8,11,13-14,19-20H,3-6,9-10,12H2,1-2H3,(H,21,22). The van der Waals surface area contributed by atoms with Gasteiger partial charge in [0.1, 0.15) is 11.9 Å². The third kappa shape index (κ3) is 6.10. The number of fused-ring (bicyclic) bond motifs is 1. The van der Waals surface area contributed by atoms with Crippen LogP contribution in [0.3, 0.4) is 0 Å². The number of hydrogen-bond donors (Lipinski definition) is 3. The molecule has 0 saturated carbocycles. The number of anilines is 1. The quantitative estimate of drug-likeness (QED) is 0.610. The maximum absolute atomic E-state index is 10.4. The molecule has 0 spiro atoms. The summed E-state index contributed by atoms with van der Waals surface area (Å²) in [6, 6.07) is 6.75. The van der Waals surface area contributed by atoms with Crippen LogP contribution in [0.1, 0.15) is 45.1 Å². The Hall–Kier alpha value is -1.75. The van der Waals surface area contributed by atoms with Crippen LogP contribution in [0.15, 0.2) is 18.2 Å². The van der Waals surface area contributed by atoms with Gasteiger partial charge in [-0.05, 0) is 57.4 Å². The lowest BCUT2D eigenvalue weighted by molar-refractivity contribution is -0.137. The van der Waals surface area contributed by atoms with Crippen LogP contribution in [0.5, 0.6) is 5.75 Å². The van der Waals surface area contributed by atoms with Gasteiger partial charge in [-0.1, -0.05) is 12.5 Å². The number of nitrogens with one attached hydrogen (secondary N) is 2. The molecule has 1 aromatic rings. The van der Waals surface area contributed by atoms with E-state index < -0.39 is 5.97 Å². The van der Waals surface area contributed by atoms with Crippen LogP contribution in [0.2, 0.25) is 0 Å². The van der Waals surface area contributed by atoms with Crippen LogP contribution in [0, 0.1) is 0 Å². The summed E-state index contributed by atoms with van der Waals surface area (Å²) in [5, 5.41) is 15.5. The molecule has 5 nitrogen and oxygen atoms in total. The van der Waals surface area contributed by atoms with E-state index >= 15 is 0 Å². The second kappa shape index (κ2) is 8.77. The number of rotatable bonds is 9. The van der Waals surface area contributed by atoms with E-state index in [4.69, 9.17) is 9.84 Å². The SMILES string of the molecule is CC(Cc1ccc2c(c1)NCC(C)O2)NCCCCCC(=O)O. The first kappa shape index (κ1) is 17.6. The summed E-state index contributed by atoms with van der Waals surface area (Å²) in [6.45, 7) is 6.03. The highest BCUT2D eigenvalue weighted by molar-refractivity contribution is 5.66. The minimum absolute atomic E-state index is 0.218. The lowest BCUT2D eigenvalue weighted by Gasteiger charge is -2.25. The lowest BCUT2D eigenvalue weighted by atomic mass is 10.0. The van der Waals surface area contributed by atoms with Crippen molar-refractivity contribution in [2.45, 2.75) is 58.1 Å². The summed E-state index contributed by atoms with van der Waals surface area (Å²) in [7, 11) is 0. The Labute approximate surface area is 138 Å². The topological polar surface area (TPSA) is 70.6 Å². The van der Waals surface area contributed by atoms with Gasteiger partial charge in [0.15, 0.2) is 0 Å². The van der Waals surface area contributed by atoms with Gasteiger partial charge < -0.3 is 20.5 Å². The summed E-state index contributed by atoms with van der Waals surface area (Å²) in [5.74, 6) is 0.234. The fourth-order valence-electron chi connectivity index (χ4n) is 2.81. The number of carboxylic acids is 1. The molecule has 1 heterocycles. The summed E-state index contributed by atoms with van der Waals surface area (Å²) >= 11 is 0. The van der Waals surface area contributed by atoms with E-state index in [1.807, 2.05) is 6.07 Å². The number of carbonyl (C=O) groups is 1. The van der Waals surface area contributed by atoms with Crippen molar-refractivity contribution in [1.29, 1.82) is 0 Å². The Morgan fingerprint density at radius 1 is 1.43 bits per heavy atom. The first-order valence-corrected chi connectivity index (χ1v) is 8.53. The zero-order valence-corrected chi connectivity index (χ0v) is 14.1. The maximum Gasteiger partial charge on any atom is 0.303 e. The Morgan fingerprint density at radius 2 is 2.26 bits per heavy atom. The van der Waals surface area contributed by atoms with Gasteiger partial charge in [0, 0.05) is 12.5 Å². The van der Waals surface area contributed by atoms with Gasteiger partial charge in [-0.3, -0.25) is 4.79 Å². The van der Waals surface area contributed by atoms with E-state index in [-0.39, 0.29) is 12.5 Å². The van der Waals surface area contributed by atoms with Crippen LogP contribution in [0.4, 0.5) is 5.69 Å². The van der Waals surface area contributed by atoms with Crippen molar-refractivity contribution < 1.29 is 14.6 Å². The van der Waals surface area contributed by atoms with Crippen molar-refractivity contribution in [1.82, 2.24) is 5.32 Å². The molecule has 0 aromatic heterocycles. The molecular formula is C18H28N2O3. The van der Waals surface area contributed by atoms with Gasteiger partial charge in [-0.25, -0.2) is 0 Å². The van der Waals surface area contributed by atoms with Gasteiger partial charge >= 0.3 is 5.97 Å². The predicted octanol–water partition coefficient (Wildman–Crippen LogP) is 3.05.